The van der Waals surface area contributed by atoms with Crippen LogP contribution in [0.4, 0.5) is 0 Å². The minimum Gasteiger partial charge on any atom is -0.354 e. The van der Waals surface area contributed by atoms with Gasteiger partial charge in [0.2, 0.25) is 15.9 Å². The molecule has 0 spiro atoms. The molecule has 1 aromatic carbocycles. The first-order chi connectivity index (χ1) is 12.7. The van der Waals surface area contributed by atoms with Gasteiger partial charge < -0.3 is 9.88 Å². The van der Waals surface area contributed by atoms with Crippen LogP contribution >= 0.6 is 0 Å². The number of hydrogen-bond donors (Lipinski definition) is 1. The van der Waals surface area contributed by atoms with Crippen molar-refractivity contribution in [3.8, 4) is 0 Å². The Morgan fingerprint density at radius 2 is 2.00 bits per heavy atom. The first-order valence-corrected chi connectivity index (χ1v) is 10.8. The molecule has 1 amide bonds. The second-order valence-electron chi connectivity index (χ2n) is 7.19. The summed E-state index contributed by atoms with van der Waals surface area (Å²) >= 11 is 0. The standard InChI is InChI=1S/C19H30N4O3S/c1-6-7-12-23-17-9-8-15(27(25,26)22(4)5)13-16(17)21-18(23)10-11-19(24)20-14(2)3/h8-9,13-14H,6-7,10-12H2,1-5H3,(H,20,24). The fraction of sp³-hybridized carbons (Fsp3) is 0.579. The van der Waals surface area contributed by atoms with Crippen molar-refractivity contribution in [2.75, 3.05) is 14.1 Å². The van der Waals surface area contributed by atoms with Crippen LogP contribution in [0, 0.1) is 0 Å². The number of nitrogens with one attached hydrogen (secondary N) is 1. The van der Waals surface area contributed by atoms with Gasteiger partial charge in [0.25, 0.3) is 0 Å². The molecule has 8 heteroatoms. The van der Waals surface area contributed by atoms with Crippen molar-refractivity contribution in [2.24, 2.45) is 0 Å². The van der Waals surface area contributed by atoms with Gasteiger partial charge >= 0.3 is 0 Å². The molecule has 0 bridgehead atoms. The van der Waals surface area contributed by atoms with Crippen molar-refractivity contribution in [1.82, 2.24) is 19.2 Å². The molecule has 27 heavy (non-hydrogen) atoms. The van der Waals surface area contributed by atoms with E-state index in [9.17, 15) is 13.2 Å². The van der Waals surface area contributed by atoms with Crippen LogP contribution in [0.5, 0.6) is 0 Å². The van der Waals surface area contributed by atoms with Crippen LogP contribution in [-0.4, -0.2) is 48.3 Å². The monoisotopic (exact) mass is 394 g/mol. The van der Waals surface area contributed by atoms with Crippen LogP contribution in [0.3, 0.4) is 0 Å². The molecule has 0 unspecified atom stereocenters. The van der Waals surface area contributed by atoms with Gasteiger partial charge in [-0.05, 0) is 38.5 Å². The SMILES string of the molecule is CCCCn1c(CCC(=O)NC(C)C)nc2cc(S(=O)(=O)N(C)C)ccc21. The van der Waals surface area contributed by atoms with Crippen LogP contribution in [-0.2, 0) is 27.8 Å². The number of sulfonamides is 1. The first-order valence-electron chi connectivity index (χ1n) is 9.37. The lowest BCUT2D eigenvalue weighted by Gasteiger charge is -2.12. The Bertz CT molecular complexity index is 901. The fourth-order valence-corrected chi connectivity index (χ4v) is 3.83. The van der Waals surface area contributed by atoms with Crippen LogP contribution in [0.15, 0.2) is 23.1 Å². The maximum absolute atomic E-state index is 12.4. The summed E-state index contributed by atoms with van der Waals surface area (Å²) in [7, 11) is -0.484. The predicted molar refractivity (Wildman–Crippen MR) is 107 cm³/mol. The van der Waals surface area contributed by atoms with E-state index in [-0.39, 0.29) is 16.8 Å². The molecule has 7 nitrogen and oxygen atoms in total. The van der Waals surface area contributed by atoms with Crippen molar-refractivity contribution in [3.63, 3.8) is 0 Å². The number of hydrogen-bond acceptors (Lipinski definition) is 4. The Morgan fingerprint density at radius 3 is 2.59 bits per heavy atom. The number of fused-ring (bicyclic) bond motifs is 1. The average Bonchev–Trinajstić information content (AvgIpc) is 2.94. The van der Waals surface area contributed by atoms with E-state index >= 15 is 0 Å². The first kappa shape index (κ1) is 21.4. The summed E-state index contributed by atoms with van der Waals surface area (Å²) in [4.78, 5) is 16.9. The molecule has 0 atom stereocenters. The van der Waals surface area contributed by atoms with Crippen LogP contribution in [0.25, 0.3) is 11.0 Å². The number of benzene rings is 1. The lowest BCUT2D eigenvalue weighted by Crippen LogP contribution is -2.30. The van der Waals surface area contributed by atoms with E-state index in [1.165, 1.54) is 18.4 Å². The average molecular weight is 395 g/mol. The van der Waals surface area contributed by atoms with Gasteiger partial charge in [-0.2, -0.15) is 0 Å². The van der Waals surface area contributed by atoms with Gasteiger partial charge in [-0.25, -0.2) is 17.7 Å². The highest BCUT2D eigenvalue weighted by atomic mass is 32.2. The summed E-state index contributed by atoms with van der Waals surface area (Å²) in [6.45, 7) is 6.78. The zero-order valence-electron chi connectivity index (χ0n) is 16.8. The van der Waals surface area contributed by atoms with Gasteiger partial charge in [-0.1, -0.05) is 13.3 Å². The number of carbonyl (C=O) groups is 1. The van der Waals surface area contributed by atoms with E-state index in [0.717, 1.165) is 30.7 Å². The van der Waals surface area contributed by atoms with Crippen LogP contribution in [0.1, 0.15) is 45.9 Å². The van der Waals surface area contributed by atoms with E-state index in [1.807, 2.05) is 19.9 Å². The number of aryl methyl sites for hydroxylation is 2. The van der Waals surface area contributed by atoms with Crippen molar-refractivity contribution in [2.45, 2.75) is 63.9 Å². The third-order valence-electron chi connectivity index (χ3n) is 4.34. The van der Waals surface area contributed by atoms with E-state index in [2.05, 4.69) is 21.8 Å². The molecule has 2 aromatic rings. The number of unbranched alkanes of at least 4 members (excludes halogenated alkanes) is 1. The molecule has 0 radical (unpaired) electrons. The third kappa shape index (κ3) is 5.07. The number of carbonyl (C=O) groups excluding carboxylic acids is 1. The largest absolute Gasteiger partial charge is 0.354 e. The van der Waals surface area contributed by atoms with E-state index in [0.29, 0.717) is 18.4 Å². The molecule has 1 heterocycles. The molecule has 0 saturated carbocycles. The summed E-state index contributed by atoms with van der Waals surface area (Å²) in [5, 5.41) is 2.89. The maximum Gasteiger partial charge on any atom is 0.242 e. The molecule has 2 rings (SSSR count). The number of amides is 1. The van der Waals surface area contributed by atoms with Gasteiger partial charge in [0, 0.05) is 39.5 Å². The van der Waals surface area contributed by atoms with Crippen LogP contribution < -0.4 is 5.32 Å². The van der Waals surface area contributed by atoms with Gasteiger partial charge in [0.05, 0.1) is 15.9 Å². The van der Waals surface area contributed by atoms with Gasteiger partial charge in [0.15, 0.2) is 0 Å². The Hall–Kier alpha value is -1.93. The fourth-order valence-electron chi connectivity index (χ4n) is 2.91. The second-order valence-corrected chi connectivity index (χ2v) is 9.35. The van der Waals surface area contributed by atoms with Crippen molar-refractivity contribution < 1.29 is 13.2 Å². The number of aromatic nitrogens is 2. The molecular formula is C19H30N4O3S. The summed E-state index contributed by atoms with van der Waals surface area (Å²) in [6.07, 6.45) is 2.91. The molecule has 1 N–H and O–H groups in total. The highest BCUT2D eigenvalue weighted by Crippen LogP contribution is 2.23. The Kier molecular flexibility index (Phi) is 7.00. The van der Waals surface area contributed by atoms with Gasteiger partial charge in [-0.3, -0.25) is 4.79 Å². The van der Waals surface area contributed by atoms with E-state index in [1.54, 1.807) is 12.1 Å². The zero-order chi connectivity index (χ0) is 20.2. The van der Waals surface area contributed by atoms with E-state index < -0.39 is 10.0 Å². The predicted octanol–water partition coefficient (Wildman–Crippen LogP) is 2.54. The molecule has 0 aliphatic heterocycles. The molecule has 150 valence electrons. The lowest BCUT2D eigenvalue weighted by molar-refractivity contribution is -0.121. The Labute approximate surface area is 161 Å². The lowest BCUT2D eigenvalue weighted by atomic mass is 10.2. The smallest absolute Gasteiger partial charge is 0.242 e. The summed E-state index contributed by atoms with van der Waals surface area (Å²) in [5.74, 6) is 0.812. The zero-order valence-corrected chi connectivity index (χ0v) is 17.6. The molecule has 0 aliphatic carbocycles. The normalized spacial score (nSPS) is 12.3. The minimum atomic E-state index is -3.51. The number of nitrogens with zero attached hydrogens (tertiary/aromatic N) is 3. The minimum absolute atomic E-state index is 0.00466. The molecular weight excluding hydrogens is 364 g/mol. The summed E-state index contributed by atoms with van der Waals surface area (Å²) in [5.41, 5.74) is 1.55. The molecule has 0 aliphatic rings. The maximum atomic E-state index is 12.4. The van der Waals surface area contributed by atoms with Gasteiger partial charge in [0.1, 0.15) is 5.82 Å². The van der Waals surface area contributed by atoms with Crippen molar-refractivity contribution in [1.29, 1.82) is 0 Å². The Morgan fingerprint density at radius 1 is 1.30 bits per heavy atom. The van der Waals surface area contributed by atoms with Crippen LogP contribution in [0.2, 0.25) is 0 Å². The second kappa shape index (κ2) is 8.84. The molecule has 0 saturated heterocycles. The third-order valence-corrected chi connectivity index (χ3v) is 6.15. The quantitative estimate of drug-likeness (QED) is 0.708. The Balaban J connectivity index is 2.38. The summed E-state index contributed by atoms with van der Waals surface area (Å²) in [6, 6.07) is 5.16. The number of rotatable bonds is 9. The number of imidazole rings is 1. The van der Waals surface area contributed by atoms with E-state index in [4.69, 9.17) is 0 Å². The highest BCUT2D eigenvalue weighted by molar-refractivity contribution is 7.89. The van der Waals surface area contributed by atoms with Crippen molar-refractivity contribution in [3.05, 3.63) is 24.0 Å². The molecule has 0 fully saturated rings. The topological polar surface area (TPSA) is 84.3 Å². The highest BCUT2D eigenvalue weighted by Gasteiger charge is 2.20. The summed E-state index contributed by atoms with van der Waals surface area (Å²) < 4.78 is 28.1. The molecule has 1 aromatic heterocycles. The van der Waals surface area contributed by atoms with Gasteiger partial charge in [-0.15, -0.1) is 0 Å². The van der Waals surface area contributed by atoms with Crippen molar-refractivity contribution >= 4 is 27.0 Å².